The van der Waals surface area contributed by atoms with Gasteiger partial charge in [0, 0.05) is 24.7 Å². The summed E-state index contributed by atoms with van der Waals surface area (Å²) in [5.74, 6) is -1.06. The molecule has 1 aromatic rings. The van der Waals surface area contributed by atoms with Gasteiger partial charge in [-0.2, -0.15) is 0 Å². The van der Waals surface area contributed by atoms with Gasteiger partial charge in [-0.1, -0.05) is 6.07 Å². The first-order valence-corrected chi connectivity index (χ1v) is 7.21. The summed E-state index contributed by atoms with van der Waals surface area (Å²) in [5.41, 5.74) is 0.982. The average Bonchev–Trinajstić information content (AvgIpc) is 2.88. The van der Waals surface area contributed by atoms with Crippen molar-refractivity contribution in [1.29, 1.82) is 0 Å². The van der Waals surface area contributed by atoms with Crippen LogP contribution in [0.25, 0.3) is 0 Å². The Morgan fingerprint density at radius 2 is 2.09 bits per heavy atom. The van der Waals surface area contributed by atoms with Gasteiger partial charge >= 0.3 is 5.97 Å². The first kappa shape index (κ1) is 16.0. The Balaban J connectivity index is 2.15. The van der Waals surface area contributed by atoms with Crippen LogP contribution in [-0.4, -0.2) is 37.5 Å². The maximum Gasteiger partial charge on any atom is 0.337 e. The van der Waals surface area contributed by atoms with E-state index in [1.807, 2.05) is 13.8 Å². The maximum absolute atomic E-state index is 12.2. The summed E-state index contributed by atoms with van der Waals surface area (Å²) >= 11 is 0. The van der Waals surface area contributed by atoms with Crippen molar-refractivity contribution in [1.82, 2.24) is 5.32 Å². The lowest BCUT2D eigenvalue weighted by molar-refractivity contribution is -0.126. The van der Waals surface area contributed by atoms with Crippen LogP contribution in [0.15, 0.2) is 24.3 Å². The Bertz CT molecular complexity index is 598. The predicted molar refractivity (Wildman–Crippen MR) is 81.5 cm³/mol. The van der Waals surface area contributed by atoms with E-state index in [0.717, 1.165) is 0 Å². The van der Waals surface area contributed by atoms with E-state index in [2.05, 4.69) is 10.1 Å². The first-order chi connectivity index (χ1) is 10.4. The van der Waals surface area contributed by atoms with Crippen LogP contribution in [0.4, 0.5) is 5.69 Å². The second kappa shape index (κ2) is 6.60. The van der Waals surface area contributed by atoms with Crippen LogP contribution in [-0.2, 0) is 14.3 Å². The molecule has 0 spiro atoms. The maximum atomic E-state index is 12.2. The summed E-state index contributed by atoms with van der Waals surface area (Å²) in [5, 5.41) is 2.82. The number of nitrogens with one attached hydrogen (secondary N) is 1. The Kier molecular flexibility index (Phi) is 4.80. The molecule has 1 saturated heterocycles. The Hall–Kier alpha value is -2.37. The van der Waals surface area contributed by atoms with Crippen molar-refractivity contribution in [3.63, 3.8) is 0 Å². The SMILES string of the molecule is COC(=O)c1cccc(N2CC(C(=O)NC(C)C)CC2=O)c1. The highest BCUT2D eigenvalue weighted by atomic mass is 16.5. The van der Waals surface area contributed by atoms with Crippen LogP contribution in [0, 0.1) is 5.92 Å². The molecule has 1 aromatic carbocycles. The van der Waals surface area contributed by atoms with Gasteiger partial charge in [-0.05, 0) is 32.0 Å². The monoisotopic (exact) mass is 304 g/mol. The molecule has 1 aliphatic heterocycles. The van der Waals surface area contributed by atoms with E-state index < -0.39 is 5.97 Å². The number of carbonyl (C=O) groups is 3. The third-order valence-corrected chi connectivity index (χ3v) is 3.51. The minimum Gasteiger partial charge on any atom is -0.465 e. The number of hydrogen-bond donors (Lipinski definition) is 1. The number of hydrogen-bond acceptors (Lipinski definition) is 4. The number of nitrogens with zero attached hydrogens (tertiary/aromatic N) is 1. The fraction of sp³-hybridized carbons (Fsp3) is 0.438. The normalized spacial score (nSPS) is 17.7. The van der Waals surface area contributed by atoms with Gasteiger partial charge in [0.25, 0.3) is 0 Å². The van der Waals surface area contributed by atoms with Crippen LogP contribution in [0.1, 0.15) is 30.6 Å². The van der Waals surface area contributed by atoms with Crippen molar-refractivity contribution in [3.05, 3.63) is 29.8 Å². The predicted octanol–water partition coefficient (Wildman–Crippen LogP) is 1.35. The van der Waals surface area contributed by atoms with Crippen LogP contribution in [0.2, 0.25) is 0 Å². The number of esters is 1. The third-order valence-electron chi connectivity index (χ3n) is 3.51. The van der Waals surface area contributed by atoms with Crippen molar-refractivity contribution in [2.45, 2.75) is 26.3 Å². The van der Waals surface area contributed by atoms with Crippen molar-refractivity contribution in [2.75, 3.05) is 18.6 Å². The average molecular weight is 304 g/mol. The Labute approximate surface area is 129 Å². The minimum absolute atomic E-state index is 0.0410. The van der Waals surface area contributed by atoms with E-state index in [4.69, 9.17) is 0 Å². The number of methoxy groups -OCH3 is 1. The number of anilines is 1. The van der Waals surface area contributed by atoms with Crippen LogP contribution in [0.5, 0.6) is 0 Å². The molecule has 0 aliphatic carbocycles. The highest BCUT2D eigenvalue weighted by Gasteiger charge is 2.35. The lowest BCUT2D eigenvalue weighted by Crippen LogP contribution is -2.37. The summed E-state index contributed by atoms with van der Waals surface area (Å²) in [6.07, 6.45) is 0.182. The smallest absolute Gasteiger partial charge is 0.337 e. The summed E-state index contributed by atoms with van der Waals surface area (Å²) < 4.78 is 4.68. The fourth-order valence-corrected chi connectivity index (χ4v) is 2.45. The van der Waals surface area contributed by atoms with Crippen molar-refractivity contribution in [3.8, 4) is 0 Å². The number of ether oxygens (including phenoxy) is 1. The zero-order chi connectivity index (χ0) is 16.3. The van der Waals surface area contributed by atoms with E-state index in [9.17, 15) is 14.4 Å². The van der Waals surface area contributed by atoms with E-state index in [1.165, 1.54) is 12.0 Å². The quantitative estimate of drug-likeness (QED) is 0.852. The summed E-state index contributed by atoms with van der Waals surface area (Å²) in [7, 11) is 1.31. The molecule has 0 saturated carbocycles. The Morgan fingerprint density at radius 3 is 2.73 bits per heavy atom. The van der Waals surface area contributed by atoms with Gasteiger partial charge in [0.05, 0.1) is 18.6 Å². The molecule has 0 bridgehead atoms. The van der Waals surface area contributed by atoms with Crippen molar-refractivity contribution in [2.24, 2.45) is 5.92 Å². The van der Waals surface area contributed by atoms with E-state index in [0.29, 0.717) is 17.8 Å². The molecule has 0 aromatic heterocycles. The highest BCUT2D eigenvalue weighted by Crippen LogP contribution is 2.26. The standard InChI is InChI=1S/C16H20N2O4/c1-10(2)17-15(20)12-8-14(19)18(9-12)13-6-4-5-11(7-13)16(21)22-3/h4-7,10,12H,8-9H2,1-3H3,(H,17,20). The topological polar surface area (TPSA) is 75.7 Å². The summed E-state index contributed by atoms with van der Waals surface area (Å²) in [6.45, 7) is 4.08. The van der Waals surface area contributed by atoms with Crippen molar-refractivity contribution < 1.29 is 19.1 Å². The molecule has 1 atom stereocenters. The molecule has 0 radical (unpaired) electrons. The van der Waals surface area contributed by atoms with Crippen LogP contribution >= 0.6 is 0 Å². The van der Waals surface area contributed by atoms with Crippen LogP contribution in [0.3, 0.4) is 0 Å². The third kappa shape index (κ3) is 3.44. The molecule has 22 heavy (non-hydrogen) atoms. The van der Waals surface area contributed by atoms with Gasteiger partial charge in [-0.3, -0.25) is 9.59 Å². The molecule has 1 N–H and O–H groups in total. The molecule has 1 fully saturated rings. The lowest BCUT2D eigenvalue weighted by Gasteiger charge is -2.18. The van der Waals surface area contributed by atoms with Crippen molar-refractivity contribution >= 4 is 23.5 Å². The van der Waals surface area contributed by atoms with E-state index >= 15 is 0 Å². The van der Waals surface area contributed by atoms with Crippen LogP contribution < -0.4 is 10.2 Å². The zero-order valence-electron chi connectivity index (χ0n) is 13.0. The molecular formula is C16H20N2O4. The molecule has 6 nitrogen and oxygen atoms in total. The van der Waals surface area contributed by atoms with Gasteiger partial charge < -0.3 is 15.0 Å². The lowest BCUT2D eigenvalue weighted by atomic mass is 10.1. The molecule has 2 amide bonds. The summed E-state index contributed by atoms with van der Waals surface area (Å²) in [6, 6.07) is 6.70. The summed E-state index contributed by atoms with van der Waals surface area (Å²) in [4.78, 5) is 37.3. The molecule has 1 aliphatic rings. The van der Waals surface area contributed by atoms with Gasteiger partial charge in [-0.15, -0.1) is 0 Å². The molecular weight excluding hydrogens is 284 g/mol. The Morgan fingerprint density at radius 1 is 1.36 bits per heavy atom. The van der Waals surface area contributed by atoms with E-state index in [-0.39, 0.29) is 30.2 Å². The molecule has 2 rings (SSSR count). The number of carbonyl (C=O) groups excluding carboxylic acids is 3. The second-order valence-electron chi connectivity index (χ2n) is 5.61. The van der Waals surface area contributed by atoms with Gasteiger partial charge in [0.1, 0.15) is 0 Å². The first-order valence-electron chi connectivity index (χ1n) is 7.21. The minimum atomic E-state index is -0.456. The molecule has 1 heterocycles. The zero-order valence-corrected chi connectivity index (χ0v) is 13.0. The number of amides is 2. The molecule has 1 unspecified atom stereocenters. The number of benzene rings is 1. The largest absolute Gasteiger partial charge is 0.465 e. The highest BCUT2D eigenvalue weighted by molar-refractivity contribution is 6.01. The van der Waals surface area contributed by atoms with Gasteiger partial charge in [0.2, 0.25) is 11.8 Å². The van der Waals surface area contributed by atoms with E-state index in [1.54, 1.807) is 24.3 Å². The van der Waals surface area contributed by atoms with Gasteiger partial charge in [-0.25, -0.2) is 4.79 Å². The second-order valence-corrected chi connectivity index (χ2v) is 5.61. The van der Waals surface area contributed by atoms with Gasteiger partial charge in [0.15, 0.2) is 0 Å². The number of rotatable bonds is 4. The molecule has 118 valence electrons. The fourth-order valence-electron chi connectivity index (χ4n) is 2.45. The molecule has 6 heteroatoms.